The lowest BCUT2D eigenvalue weighted by Crippen LogP contribution is -2.28. The van der Waals surface area contributed by atoms with Crippen LogP contribution in [-0.2, 0) is 0 Å². The van der Waals surface area contributed by atoms with E-state index in [2.05, 4.69) is 21.0 Å². The number of nitrogens with zero attached hydrogens (tertiary/aromatic N) is 2. The zero-order valence-corrected chi connectivity index (χ0v) is 10.6. The molecule has 2 rings (SSSR count). The van der Waals surface area contributed by atoms with Gasteiger partial charge >= 0.3 is 0 Å². The number of rotatable bonds is 5. The quantitative estimate of drug-likeness (QED) is 0.803. The number of ether oxygens (including phenoxy) is 1. The summed E-state index contributed by atoms with van der Waals surface area (Å²) in [5.41, 5.74) is 1.06. The first kappa shape index (κ1) is 11.8. The topological polar surface area (TPSA) is 47.0 Å². The molecule has 5 heteroatoms. The van der Waals surface area contributed by atoms with Gasteiger partial charge in [0.2, 0.25) is 5.88 Å². The third kappa shape index (κ3) is 2.92. The average Bonchev–Trinajstić information content (AvgIpc) is 2.79. The predicted octanol–water partition coefficient (Wildman–Crippen LogP) is 2.18. The second-order valence-corrected chi connectivity index (χ2v) is 4.73. The highest BCUT2D eigenvalue weighted by Crippen LogP contribution is 2.29. The van der Waals surface area contributed by atoms with Crippen molar-refractivity contribution in [2.75, 3.05) is 19.7 Å². The summed E-state index contributed by atoms with van der Waals surface area (Å²) < 4.78 is 14.3. The molecule has 1 fully saturated rings. The Morgan fingerprint density at radius 3 is 3.19 bits per heavy atom. The highest BCUT2D eigenvalue weighted by molar-refractivity contribution is 6.99. The Balaban J connectivity index is 1.94. The molecule has 0 amide bonds. The molecule has 1 aliphatic rings. The van der Waals surface area contributed by atoms with E-state index in [1.54, 1.807) is 0 Å². The van der Waals surface area contributed by atoms with Crippen molar-refractivity contribution >= 4 is 11.7 Å². The molecule has 0 aliphatic carbocycles. The van der Waals surface area contributed by atoms with Gasteiger partial charge in [-0.15, -0.1) is 4.37 Å². The van der Waals surface area contributed by atoms with Gasteiger partial charge in [0.25, 0.3) is 0 Å². The van der Waals surface area contributed by atoms with E-state index in [0.717, 1.165) is 44.1 Å². The first-order chi connectivity index (χ1) is 7.92. The van der Waals surface area contributed by atoms with Gasteiger partial charge in [0, 0.05) is 12.5 Å². The van der Waals surface area contributed by atoms with Crippen LogP contribution in [0, 0.1) is 0 Å². The summed E-state index contributed by atoms with van der Waals surface area (Å²) in [5.74, 6) is 1.26. The first-order valence-corrected chi connectivity index (χ1v) is 6.80. The Labute approximate surface area is 101 Å². The molecule has 1 aliphatic heterocycles. The van der Waals surface area contributed by atoms with Gasteiger partial charge in [0.05, 0.1) is 18.3 Å². The number of hydrogen-bond acceptors (Lipinski definition) is 5. The van der Waals surface area contributed by atoms with Crippen LogP contribution in [0.3, 0.4) is 0 Å². The van der Waals surface area contributed by atoms with Gasteiger partial charge in [-0.05, 0) is 25.8 Å². The van der Waals surface area contributed by atoms with E-state index in [1.165, 1.54) is 24.6 Å². The van der Waals surface area contributed by atoms with Gasteiger partial charge in [0.1, 0.15) is 5.69 Å². The van der Waals surface area contributed by atoms with Crippen molar-refractivity contribution in [3.8, 4) is 5.88 Å². The summed E-state index contributed by atoms with van der Waals surface area (Å²) >= 11 is 1.27. The molecule has 0 saturated carbocycles. The maximum atomic E-state index is 5.68. The van der Waals surface area contributed by atoms with Crippen LogP contribution in [0.1, 0.15) is 44.2 Å². The minimum atomic E-state index is 0.490. The average molecular weight is 241 g/mol. The van der Waals surface area contributed by atoms with Gasteiger partial charge < -0.3 is 10.1 Å². The van der Waals surface area contributed by atoms with Crippen molar-refractivity contribution < 1.29 is 4.74 Å². The highest BCUT2D eigenvalue weighted by atomic mass is 32.1. The lowest BCUT2D eigenvalue weighted by molar-refractivity contribution is 0.292. The molecule has 16 heavy (non-hydrogen) atoms. The molecule has 1 atom stereocenters. The molecule has 4 nitrogen and oxygen atoms in total. The van der Waals surface area contributed by atoms with Crippen molar-refractivity contribution in [3.05, 3.63) is 5.69 Å². The summed E-state index contributed by atoms with van der Waals surface area (Å²) in [6.45, 7) is 5.05. The Bertz CT molecular complexity index is 310. The van der Waals surface area contributed by atoms with Gasteiger partial charge in [-0.3, -0.25) is 0 Å². The zero-order valence-electron chi connectivity index (χ0n) is 9.74. The van der Waals surface area contributed by atoms with E-state index >= 15 is 0 Å². The molecular weight excluding hydrogens is 222 g/mol. The predicted molar refractivity (Wildman–Crippen MR) is 65.2 cm³/mol. The fraction of sp³-hybridized carbons (Fsp3) is 0.818. The van der Waals surface area contributed by atoms with Crippen molar-refractivity contribution in [1.29, 1.82) is 0 Å². The van der Waals surface area contributed by atoms with E-state index in [9.17, 15) is 0 Å². The summed E-state index contributed by atoms with van der Waals surface area (Å²) in [5, 5.41) is 3.40. The third-order valence-electron chi connectivity index (χ3n) is 2.90. The molecule has 0 bridgehead atoms. The van der Waals surface area contributed by atoms with Crippen LogP contribution < -0.4 is 10.1 Å². The van der Waals surface area contributed by atoms with Crippen molar-refractivity contribution in [3.63, 3.8) is 0 Å². The minimum absolute atomic E-state index is 0.490. The molecular formula is C11H19N3OS. The molecule has 90 valence electrons. The van der Waals surface area contributed by atoms with Crippen LogP contribution in [0.4, 0.5) is 0 Å². The van der Waals surface area contributed by atoms with E-state index in [-0.39, 0.29) is 0 Å². The van der Waals surface area contributed by atoms with Gasteiger partial charge in [-0.25, -0.2) is 0 Å². The largest absolute Gasteiger partial charge is 0.476 e. The summed E-state index contributed by atoms with van der Waals surface area (Å²) in [6.07, 6.45) is 4.65. The third-order valence-corrected chi connectivity index (χ3v) is 3.43. The molecule has 1 unspecified atom stereocenters. The molecule has 1 aromatic rings. The van der Waals surface area contributed by atoms with Crippen LogP contribution in [0.25, 0.3) is 0 Å². The first-order valence-electron chi connectivity index (χ1n) is 6.07. The summed E-state index contributed by atoms with van der Waals surface area (Å²) in [6, 6.07) is 0. The maximum absolute atomic E-state index is 5.68. The van der Waals surface area contributed by atoms with Crippen LogP contribution in [0.15, 0.2) is 0 Å². The molecule has 1 N–H and O–H groups in total. The van der Waals surface area contributed by atoms with Gasteiger partial charge in [0.15, 0.2) is 0 Å². The second kappa shape index (κ2) is 6.15. The highest BCUT2D eigenvalue weighted by Gasteiger charge is 2.22. The van der Waals surface area contributed by atoms with Crippen LogP contribution in [-0.4, -0.2) is 28.4 Å². The Kier molecular flexibility index (Phi) is 4.54. The van der Waals surface area contributed by atoms with Crippen LogP contribution in [0.5, 0.6) is 5.88 Å². The number of unbranched alkanes of at least 4 members (excludes halogenated alkanes) is 1. The minimum Gasteiger partial charge on any atom is -0.476 e. The van der Waals surface area contributed by atoms with E-state index in [0.29, 0.717) is 5.92 Å². The Hall–Kier alpha value is -0.680. The van der Waals surface area contributed by atoms with Crippen LogP contribution >= 0.6 is 11.7 Å². The van der Waals surface area contributed by atoms with E-state index in [4.69, 9.17) is 4.74 Å². The van der Waals surface area contributed by atoms with E-state index in [1.807, 2.05) is 0 Å². The lowest BCUT2D eigenvalue weighted by Gasteiger charge is -2.21. The van der Waals surface area contributed by atoms with Crippen molar-refractivity contribution in [1.82, 2.24) is 14.1 Å². The Morgan fingerprint density at radius 1 is 1.50 bits per heavy atom. The van der Waals surface area contributed by atoms with Crippen LogP contribution in [0.2, 0.25) is 0 Å². The monoisotopic (exact) mass is 241 g/mol. The Morgan fingerprint density at radius 2 is 2.44 bits per heavy atom. The van der Waals surface area contributed by atoms with Gasteiger partial charge in [-0.1, -0.05) is 13.3 Å². The fourth-order valence-corrected chi connectivity index (χ4v) is 2.51. The number of hydrogen-bond donors (Lipinski definition) is 1. The lowest BCUT2D eigenvalue weighted by atomic mass is 9.96. The zero-order chi connectivity index (χ0) is 11.2. The van der Waals surface area contributed by atoms with Gasteiger partial charge in [-0.2, -0.15) is 4.37 Å². The second-order valence-electron chi connectivity index (χ2n) is 4.20. The normalized spacial score (nSPS) is 20.9. The standard InChI is InChI=1S/C11H19N3OS/c1-2-3-7-15-11-10(13-16-14-11)9-5-4-6-12-8-9/h9,12H,2-8H2,1H3. The smallest absolute Gasteiger partial charge is 0.249 e. The van der Waals surface area contributed by atoms with Crippen molar-refractivity contribution in [2.24, 2.45) is 0 Å². The summed E-state index contributed by atoms with van der Waals surface area (Å²) in [4.78, 5) is 0. The maximum Gasteiger partial charge on any atom is 0.249 e. The summed E-state index contributed by atoms with van der Waals surface area (Å²) in [7, 11) is 0. The number of piperidine rings is 1. The molecule has 0 aromatic carbocycles. The molecule has 2 heterocycles. The molecule has 0 spiro atoms. The van der Waals surface area contributed by atoms with E-state index < -0.39 is 0 Å². The molecule has 1 aromatic heterocycles. The molecule has 0 radical (unpaired) electrons. The number of nitrogens with one attached hydrogen (secondary N) is 1. The molecule has 1 saturated heterocycles. The SMILES string of the molecule is CCCCOc1nsnc1C1CCCNC1. The number of aromatic nitrogens is 2. The van der Waals surface area contributed by atoms with Crippen molar-refractivity contribution in [2.45, 2.75) is 38.5 Å². The fourth-order valence-electron chi connectivity index (χ4n) is 1.94.